The van der Waals surface area contributed by atoms with Crippen LogP contribution in [0, 0.1) is 17.3 Å². The topological polar surface area (TPSA) is 37.3 Å². The summed E-state index contributed by atoms with van der Waals surface area (Å²) in [5.41, 5.74) is 0.178. The molecule has 0 saturated heterocycles. The van der Waals surface area contributed by atoms with Gasteiger partial charge in [0.25, 0.3) is 0 Å². The van der Waals surface area contributed by atoms with Crippen molar-refractivity contribution >= 4 is 5.97 Å². The molecule has 0 spiro atoms. The van der Waals surface area contributed by atoms with Gasteiger partial charge in [0.1, 0.15) is 0 Å². The second-order valence-corrected chi connectivity index (χ2v) is 5.26. The summed E-state index contributed by atoms with van der Waals surface area (Å²) in [6.45, 7) is 6.55. The minimum atomic E-state index is -0.667. The summed E-state index contributed by atoms with van der Waals surface area (Å²) >= 11 is 0. The van der Waals surface area contributed by atoms with Gasteiger partial charge in [0.05, 0.1) is 0 Å². The van der Waals surface area contributed by atoms with Gasteiger partial charge in [0, 0.05) is 6.42 Å². The molecule has 0 bridgehead atoms. The third kappa shape index (κ3) is 2.86. The zero-order valence-electron chi connectivity index (χ0n) is 9.29. The van der Waals surface area contributed by atoms with Crippen LogP contribution < -0.4 is 0 Å². The molecule has 0 heterocycles. The highest BCUT2D eigenvalue weighted by atomic mass is 16.4. The van der Waals surface area contributed by atoms with Gasteiger partial charge in [0.2, 0.25) is 0 Å². The fourth-order valence-electron chi connectivity index (χ4n) is 2.34. The Morgan fingerprint density at radius 1 is 1.50 bits per heavy atom. The average molecular weight is 196 g/mol. The van der Waals surface area contributed by atoms with Crippen LogP contribution in [0.1, 0.15) is 40.0 Å². The van der Waals surface area contributed by atoms with Gasteiger partial charge in [0.15, 0.2) is 0 Å². The monoisotopic (exact) mass is 196 g/mol. The Balaban J connectivity index is 2.73. The summed E-state index contributed by atoms with van der Waals surface area (Å²) in [6.07, 6.45) is 6.76. The first-order valence-electron chi connectivity index (χ1n) is 5.29. The van der Waals surface area contributed by atoms with Crippen molar-refractivity contribution in [1.29, 1.82) is 0 Å². The van der Waals surface area contributed by atoms with Crippen LogP contribution in [-0.2, 0) is 4.79 Å². The van der Waals surface area contributed by atoms with Crippen molar-refractivity contribution in [1.82, 2.24) is 0 Å². The third-order valence-corrected chi connectivity index (χ3v) is 2.99. The van der Waals surface area contributed by atoms with E-state index in [1.807, 2.05) is 0 Å². The number of allylic oxidation sites excluding steroid dienone is 2. The maximum absolute atomic E-state index is 10.7. The summed E-state index contributed by atoms with van der Waals surface area (Å²) in [6, 6.07) is 0. The van der Waals surface area contributed by atoms with E-state index in [0.29, 0.717) is 18.3 Å². The van der Waals surface area contributed by atoms with Crippen LogP contribution >= 0.6 is 0 Å². The van der Waals surface area contributed by atoms with E-state index in [2.05, 4.69) is 32.9 Å². The van der Waals surface area contributed by atoms with Crippen molar-refractivity contribution in [3.8, 4) is 0 Å². The van der Waals surface area contributed by atoms with Crippen LogP contribution in [0.25, 0.3) is 0 Å². The normalized spacial score (nSPS) is 27.6. The Morgan fingerprint density at radius 2 is 2.14 bits per heavy atom. The van der Waals surface area contributed by atoms with Gasteiger partial charge >= 0.3 is 5.97 Å². The Labute approximate surface area is 86.0 Å². The Hall–Kier alpha value is -0.790. The van der Waals surface area contributed by atoms with Crippen molar-refractivity contribution in [2.45, 2.75) is 40.0 Å². The largest absolute Gasteiger partial charge is 0.481 e. The van der Waals surface area contributed by atoms with E-state index in [9.17, 15) is 4.79 Å². The van der Waals surface area contributed by atoms with Crippen LogP contribution in [0.5, 0.6) is 0 Å². The van der Waals surface area contributed by atoms with Gasteiger partial charge in [-0.3, -0.25) is 4.79 Å². The van der Waals surface area contributed by atoms with Gasteiger partial charge in [-0.05, 0) is 30.1 Å². The molecule has 0 fully saturated rings. The molecule has 2 nitrogen and oxygen atoms in total. The molecule has 1 rings (SSSR count). The minimum absolute atomic E-state index is 0.178. The van der Waals surface area contributed by atoms with Gasteiger partial charge < -0.3 is 5.11 Å². The van der Waals surface area contributed by atoms with Crippen molar-refractivity contribution in [2.75, 3.05) is 0 Å². The highest BCUT2D eigenvalue weighted by Crippen LogP contribution is 2.39. The molecule has 0 aliphatic heterocycles. The van der Waals surface area contributed by atoms with Crippen LogP contribution in [0.3, 0.4) is 0 Å². The molecule has 0 aromatic heterocycles. The number of hydrogen-bond donors (Lipinski definition) is 1. The predicted molar refractivity (Wildman–Crippen MR) is 57.1 cm³/mol. The molecular weight excluding hydrogens is 176 g/mol. The molecule has 2 unspecified atom stereocenters. The molecule has 0 radical (unpaired) electrons. The molecule has 2 atom stereocenters. The fourth-order valence-corrected chi connectivity index (χ4v) is 2.34. The van der Waals surface area contributed by atoms with E-state index < -0.39 is 5.97 Å². The minimum Gasteiger partial charge on any atom is -0.481 e. The maximum Gasteiger partial charge on any atom is 0.303 e. The molecule has 0 saturated carbocycles. The number of hydrogen-bond acceptors (Lipinski definition) is 1. The molecule has 1 aliphatic rings. The third-order valence-electron chi connectivity index (χ3n) is 2.99. The average Bonchev–Trinajstić information content (AvgIpc) is 2.01. The lowest BCUT2D eigenvalue weighted by Crippen LogP contribution is -2.30. The van der Waals surface area contributed by atoms with Crippen molar-refractivity contribution in [2.24, 2.45) is 17.3 Å². The summed E-state index contributed by atoms with van der Waals surface area (Å²) in [4.78, 5) is 10.7. The molecule has 14 heavy (non-hydrogen) atoms. The lowest BCUT2D eigenvalue weighted by molar-refractivity contribution is -0.138. The predicted octanol–water partition coefficient (Wildman–Crippen LogP) is 3.09. The van der Waals surface area contributed by atoms with Crippen LogP contribution in [0.15, 0.2) is 12.2 Å². The van der Waals surface area contributed by atoms with Crippen molar-refractivity contribution in [3.05, 3.63) is 12.2 Å². The first kappa shape index (κ1) is 11.3. The van der Waals surface area contributed by atoms with Crippen molar-refractivity contribution in [3.63, 3.8) is 0 Å². The van der Waals surface area contributed by atoms with E-state index >= 15 is 0 Å². The van der Waals surface area contributed by atoms with E-state index in [0.717, 1.165) is 12.8 Å². The second kappa shape index (κ2) is 4.16. The molecular formula is C12H20O2. The summed E-state index contributed by atoms with van der Waals surface area (Å²) in [7, 11) is 0. The Morgan fingerprint density at radius 3 is 2.64 bits per heavy atom. The Bertz CT molecular complexity index is 235. The number of carbonyl (C=O) groups is 1. The van der Waals surface area contributed by atoms with Gasteiger partial charge in [-0.1, -0.05) is 32.9 Å². The van der Waals surface area contributed by atoms with Crippen LogP contribution in [0.2, 0.25) is 0 Å². The van der Waals surface area contributed by atoms with Crippen LogP contribution in [-0.4, -0.2) is 11.1 Å². The summed E-state index contributed by atoms with van der Waals surface area (Å²) in [5, 5.41) is 8.83. The molecule has 0 amide bonds. The highest BCUT2D eigenvalue weighted by molar-refractivity contribution is 5.67. The van der Waals surface area contributed by atoms with Gasteiger partial charge in [-0.15, -0.1) is 0 Å². The zero-order valence-corrected chi connectivity index (χ0v) is 9.29. The number of carboxylic acids is 1. The zero-order chi connectivity index (χ0) is 10.8. The highest BCUT2D eigenvalue weighted by Gasteiger charge is 2.32. The molecule has 0 aromatic rings. The summed E-state index contributed by atoms with van der Waals surface area (Å²) in [5.74, 6) is 0.0596. The smallest absolute Gasteiger partial charge is 0.303 e. The van der Waals surface area contributed by atoms with Crippen molar-refractivity contribution < 1.29 is 9.90 Å². The molecule has 0 aromatic carbocycles. The quantitative estimate of drug-likeness (QED) is 0.689. The lowest BCUT2D eigenvalue weighted by atomic mass is 9.68. The molecule has 80 valence electrons. The van der Waals surface area contributed by atoms with Gasteiger partial charge in [-0.25, -0.2) is 0 Å². The lowest BCUT2D eigenvalue weighted by Gasteiger charge is -2.36. The van der Waals surface area contributed by atoms with E-state index in [4.69, 9.17) is 5.11 Å². The SMILES string of the molecule is CC(C)(C)C1C=CCCC1CC(=O)O. The number of rotatable bonds is 2. The number of carboxylic acid groups (broad SMARTS) is 1. The van der Waals surface area contributed by atoms with E-state index in [1.54, 1.807) is 0 Å². The fraction of sp³-hybridized carbons (Fsp3) is 0.750. The second-order valence-electron chi connectivity index (χ2n) is 5.26. The van der Waals surface area contributed by atoms with Gasteiger partial charge in [-0.2, -0.15) is 0 Å². The van der Waals surface area contributed by atoms with Crippen LogP contribution in [0.4, 0.5) is 0 Å². The van der Waals surface area contributed by atoms with E-state index in [-0.39, 0.29) is 5.41 Å². The molecule has 1 aliphatic carbocycles. The first-order valence-corrected chi connectivity index (χ1v) is 5.29. The van der Waals surface area contributed by atoms with E-state index in [1.165, 1.54) is 0 Å². The standard InChI is InChI=1S/C12H20O2/c1-12(2,3)10-7-5-4-6-9(10)8-11(13)14/h5,7,9-10H,4,6,8H2,1-3H3,(H,13,14). The Kier molecular flexibility index (Phi) is 3.35. The number of aliphatic carboxylic acids is 1. The maximum atomic E-state index is 10.7. The first-order chi connectivity index (χ1) is 6.41. The molecule has 2 heteroatoms. The molecule has 1 N–H and O–H groups in total. The summed E-state index contributed by atoms with van der Waals surface area (Å²) < 4.78 is 0.